The van der Waals surface area contributed by atoms with Gasteiger partial charge < -0.3 is 10.6 Å². The van der Waals surface area contributed by atoms with Crippen molar-refractivity contribution in [2.75, 3.05) is 6.54 Å². The number of hydrogen-bond acceptors (Lipinski definition) is 2. The SMILES string of the molecule is O=C(NCCc1ccc(-c2ccccc2)cc1)c1ccc(CNCc2ccc(C(F)(F)F)cc2)c(Br)c1. The third kappa shape index (κ3) is 7.54. The van der Waals surface area contributed by atoms with E-state index in [0.29, 0.717) is 25.2 Å². The van der Waals surface area contributed by atoms with Gasteiger partial charge in [0.05, 0.1) is 5.56 Å². The van der Waals surface area contributed by atoms with Gasteiger partial charge in [-0.2, -0.15) is 13.2 Å². The van der Waals surface area contributed by atoms with E-state index in [9.17, 15) is 18.0 Å². The Kier molecular flexibility index (Phi) is 8.79. The predicted molar refractivity (Wildman–Crippen MR) is 144 cm³/mol. The summed E-state index contributed by atoms with van der Waals surface area (Å²) in [5.74, 6) is -0.147. The topological polar surface area (TPSA) is 41.1 Å². The van der Waals surface area contributed by atoms with Gasteiger partial charge in [-0.3, -0.25) is 4.79 Å². The molecule has 1 amide bonds. The molecule has 7 heteroatoms. The van der Waals surface area contributed by atoms with Crippen LogP contribution in [0.1, 0.15) is 32.6 Å². The quantitative estimate of drug-likeness (QED) is 0.221. The highest BCUT2D eigenvalue weighted by atomic mass is 79.9. The third-order valence-electron chi connectivity index (χ3n) is 6.00. The number of nitrogens with one attached hydrogen (secondary N) is 2. The van der Waals surface area contributed by atoms with E-state index < -0.39 is 11.7 Å². The van der Waals surface area contributed by atoms with E-state index in [4.69, 9.17) is 0 Å². The molecule has 4 aromatic carbocycles. The van der Waals surface area contributed by atoms with E-state index in [1.54, 1.807) is 12.1 Å². The molecular formula is C30H26BrF3N2O. The summed E-state index contributed by atoms with van der Waals surface area (Å²) in [6, 6.07) is 29.0. The second-order valence-electron chi connectivity index (χ2n) is 8.67. The van der Waals surface area contributed by atoms with Crippen LogP contribution in [0.3, 0.4) is 0 Å². The standard InChI is InChI=1S/C30H26BrF3N2O/c31-28-18-25(12-13-26(28)20-35-19-22-8-14-27(15-9-22)30(32,33)34)29(37)36-17-16-21-6-10-24(11-7-21)23-4-2-1-3-5-23/h1-15,18,35H,16-17,19-20H2,(H,36,37). The molecule has 0 heterocycles. The number of amides is 1. The molecule has 0 bridgehead atoms. The van der Waals surface area contributed by atoms with E-state index in [2.05, 4.69) is 63.0 Å². The normalized spacial score (nSPS) is 11.4. The van der Waals surface area contributed by atoms with Crippen LogP contribution in [0.5, 0.6) is 0 Å². The summed E-state index contributed by atoms with van der Waals surface area (Å²) < 4.78 is 38.9. The molecular weight excluding hydrogens is 541 g/mol. The second kappa shape index (κ2) is 12.2. The summed E-state index contributed by atoms with van der Waals surface area (Å²) in [5.41, 5.74) is 5.08. The van der Waals surface area contributed by atoms with Crippen molar-refractivity contribution in [3.63, 3.8) is 0 Å². The molecule has 0 radical (unpaired) electrons. The number of hydrogen-bond donors (Lipinski definition) is 2. The lowest BCUT2D eigenvalue weighted by Crippen LogP contribution is -2.25. The number of carbonyl (C=O) groups is 1. The lowest BCUT2D eigenvalue weighted by Gasteiger charge is -2.11. The fourth-order valence-corrected chi connectivity index (χ4v) is 4.42. The summed E-state index contributed by atoms with van der Waals surface area (Å²) in [4.78, 5) is 12.6. The zero-order chi connectivity index (χ0) is 26.3. The van der Waals surface area contributed by atoms with Crippen molar-refractivity contribution in [2.45, 2.75) is 25.7 Å². The highest BCUT2D eigenvalue weighted by Crippen LogP contribution is 2.29. The smallest absolute Gasteiger partial charge is 0.352 e. The summed E-state index contributed by atoms with van der Waals surface area (Å²) >= 11 is 3.52. The number of rotatable bonds is 9. The first-order valence-electron chi connectivity index (χ1n) is 11.9. The molecule has 0 spiro atoms. The van der Waals surface area contributed by atoms with Gasteiger partial charge in [0.2, 0.25) is 0 Å². The number of benzene rings is 4. The molecule has 4 rings (SSSR count). The van der Waals surface area contributed by atoms with Gasteiger partial charge in [0.25, 0.3) is 5.91 Å². The van der Waals surface area contributed by atoms with E-state index in [1.807, 2.05) is 24.3 Å². The molecule has 37 heavy (non-hydrogen) atoms. The Balaban J connectivity index is 1.23. The Bertz CT molecular complexity index is 1320. The largest absolute Gasteiger partial charge is 0.416 e. The third-order valence-corrected chi connectivity index (χ3v) is 6.74. The molecule has 0 aliphatic heterocycles. The fourth-order valence-electron chi connectivity index (χ4n) is 3.90. The van der Waals surface area contributed by atoms with E-state index in [-0.39, 0.29) is 5.91 Å². The van der Waals surface area contributed by atoms with Gasteiger partial charge in [0.15, 0.2) is 0 Å². The maximum atomic E-state index is 12.7. The van der Waals surface area contributed by atoms with E-state index in [0.717, 1.165) is 45.3 Å². The molecule has 3 nitrogen and oxygen atoms in total. The molecule has 0 saturated heterocycles. The summed E-state index contributed by atoms with van der Waals surface area (Å²) in [7, 11) is 0. The van der Waals surface area contributed by atoms with Gasteiger partial charge in [-0.05, 0) is 58.5 Å². The minimum atomic E-state index is -4.33. The minimum Gasteiger partial charge on any atom is -0.352 e. The van der Waals surface area contributed by atoms with Crippen LogP contribution in [-0.2, 0) is 25.7 Å². The van der Waals surface area contributed by atoms with Crippen molar-refractivity contribution in [3.05, 3.63) is 129 Å². The zero-order valence-electron chi connectivity index (χ0n) is 20.0. The van der Waals surface area contributed by atoms with Crippen molar-refractivity contribution in [1.29, 1.82) is 0 Å². The maximum absolute atomic E-state index is 12.7. The number of halogens is 4. The first-order chi connectivity index (χ1) is 17.8. The molecule has 0 saturated carbocycles. The average molecular weight is 567 g/mol. The van der Waals surface area contributed by atoms with Crippen LogP contribution in [0.15, 0.2) is 102 Å². The van der Waals surface area contributed by atoms with Crippen molar-refractivity contribution in [1.82, 2.24) is 10.6 Å². The van der Waals surface area contributed by atoms with Crippen molar-refractivity contribution < 1.29 is 18.0 Å². The molecule has 0 fully saturated rings. The first-order valence-corrected chi connectivity index (χ1v) is 12.7. The molecule has 2 N–H and O–H groups in total. The molecule has 0 aliphatic rings. The van der Waals surface area contributed by atoms with Crippen LogP contribution in [0.25, 0.3) is 11.1 Å². The monoisotopic (exact) mass is 566 g/mol. The molecule has 4 aromatic rings. The van der Waals surface area contributed by atoms with Crippen LogP contribution < -0.4 is 10.6 Å². The summed E-state index contributed by atoms with van der Waals surface area (Å²) in [6.07, 6.45) is -3.60. The highest BCUT2D eigenvalue weighted by Gasteiger charge is 2.29. The summed E-state index contributed by atoms with van der Waals surface area (Å²) in [5, 5.41) is 6.19. The second-order valence-corrected chi connectivity index (χ2v) is 9.53. The number of carbonyl (C=O) groups excluding carboxylic acids is 1. The van der Waals surface area contributed by atoms with Gasteiger partial charge >= 0.3 is 6.18 Å². The summed E-state index contributed by atoms with van der Waals surface area (Å²) in [6.45, 7) is 1.46. The average Bonchev–Trinajstić information content (AvgIpc) is 2.90. The molecule has 190 valence electrons. The minimum absolute atomic E-state index is 0.147. The van der Waals surface area contributed by atoms with Gasteiger partial charge in [0.1, 0.15) is 0 Å². The molecule has 0 aliphatic carbocycles. The van der Waals surface area contributed by atoms with E-state index >= 15 is 0 Å². The van der Waals surface area contributed by atoms with Crippen LogP contribution in [0.2, 0.25) is 0 Å². The molecule has 0 unspecified atom stereocenters. The Morgan fingerprint density at radius 2 is 1.41 bits per heavy atom. The molecule has 0 aromatic heterocycles. The molecule has 0 atom stereocenters. The Hall–Kier alpha value is -3.42. The van der Waals surface area contributed by atoms with Crippen molar-refractivity contribution in [2.24, 2.45) is 0 Å². The van der Waals surface area contributed by atoms with Crippen molar-refractivity contribution in [3.8, 4) is 11.1 Å². The number of alkyl halides is 3. The Labute approximate surface area is 222 Å². The lowest BCUT2D eigenvalue weighted by molar-refractivity contribution is -0.137. The zero-order valence-corrected chi connectivity index (χ0v) is 21.6. The van der Waals surface area contributed by atoms with Gasteiger partial charge in [-0.1, -0.05) is 88.7 Å². The van der Waals surface area contributed by atoms with Gasteiger partial charge in [0, 0.05) is 29.7 Å². The van der Waals surface area contributed by atoms with Crippen molar-refractivity contribution >= 4 is 21.8 Å². The predicted octanol–water partition coefficient (Wildman–Crippen LogP) is 7.40. The van der Waals surface area contributed by atoms with Crippen LogP contribution >= 0.6 is 15.9 Å². The van der Waals surface area contributed by atoms with Crippen LogP contribution in [0, 0.1) is 0 Å². The van der Waals surface area contributed by atoms with Crippen LogP contribution in [-0.4, -0.2) is 12.5 Å². The maximum Gasteiger partial charge on any atom is 0.416 e. The van der Waals surface area contributed by atoms with Gasteiger partial charge in [-0.25, -0.2) is 0 Å². The van der Waals surface area contributed by atoms with Crippen LogP contribution in [0.4, 0.5) is 13.2 Å². The Morgan fingerprint density at radius 1 is 0.757 bits per heavy atom. The first kappa shape index (κ1) is 26.6. The fraction of sp³-hybridized carbons (Fsp3) is 0.167. The van der Waals surface area contributed by atoms with E-state index in [1.165, 1.54) is 17.7 Å². The highest BCUT2D eigenvalue weighted by molar-refractivity contribution is 9.10. The lowest BCUT2D eigenvalue weighted by atomic mass is 10.0. The Morgan fingerprint density at radius 3 is 2.05 bits per heavy atom. The van der Waals surface area contributed by atoms with Gasteiger partial charge in [-0.15, -0.1) is 0 Å².